The Morgan fingerprint density at radius 1 is 1.05 bits per heavy atom. The highest BCUT2D eigenvalue weighted by Gasteiger charge is 2.10. The SMILES string of the molecule is Cc1ccc(Oc2c(CN)cnc3ccccc23)cn1. The predicted molar refractivity (Wildman–Crippen MR) is 78.7 cm³/mol. The molecule has 3 aromatic rings. The standard InChI is InChI=1S/C16H15N3O/c1-11-6-7-13(10-18-11)20-16-12(8-17)9-19-15-5-3-2-4-14(15)16/h2-7,9-10H,8,17H2,1H3. The molecule has 4 heteroatoms. The number of pyridine rings is 2. The molecule has 0 atom stereocenters. The Kier molecular flexibility index (Phi) is 3.31. The van der Waals surface area contributed by atoms with Crippen molar-refractivity contribution in [2.24, 2.45) is 5.73 Å². The average Bonchev–Trinajstić information content (AvgIpc) is 2.50. The van der Waals surface area contributed by atoms with Gasteiger partial charge in [-0.05, 0) is 31.2 Å². The molecule has 1 aromatic carbocycles. The first kappa shape index (κ1) is 12.6. The topological polar surface area (TPSA) is 61.0 Å². The van der Waals surface area contributed by atoms with Gasteiger partial charge in [0.05, 0.1) is 11.7 Å². The van der Waals surface area contributed by atoms with Crippen molar-refractivity contribution in [3.05, 3.63) is 60.0 Å². The summed E-state index contributed by atoms with van der Waals surface area (Å²) in [6.07, 6.45) is 3.48. The Morgan fingerprint density at radius 2 is 1.90 bits per heavy atom. The Hall–Kier alpha value is -2.46. The Morgan fingerprint density at radius 3 is 2.65 bits per heavy atom. The van der Waals surface area contributed by atoms with Crippen LogP contribution in [0, 0.1) is 6.92 Å². The third-order valence-corrected chi connectivity index (χ3v) is 3.12. The fraction of sp³-hybridized carbons (Fsp3) is 0.125. The van der Waals surface area contributed by atoms with Crippen molar-refractivity contribution in [3.63, 3.8) is 0 Å². The summed E-state index contributed by atoms with van der Waals surface area (Å²) in [6.45, 7) is 2.32. The summed E-state index contributed by atoms with van der Waals surface area (Å²) in [6, 6.07) is 11.7. The summed E-state index contributed by atoms with van der Waals surface area (Å²) < 4.78 is 5.99. The smallest absolute Gasteiger partial charge is 0.145 e. The number of aryl methyl sites for hydroxylation is 1. The number of hydrogen-bond acceptors (Lipinski definition) is 4. The highest BCUT2D eigenvalue weighted by atomic mass is 16.5. The van der Waals surface area contributed by atoms with E-state index < -0.39 is 0 Å². The fourth-order valence-electron chi connectivity index (χ4n) is 2.06. The van der Waals surface area contributed by atoms with E-state index in [2.05, 4.69) is 9.97 Å². The fourth-order valence-corrected chi connectivity index (χ4v) is 2.06. The minimum Gasteiger partial charge on any atom is -0.455 e. The van der Waals surface area contributed by atoms with Crippen LogP contribution in [-0.4, -0.2) is 9.97 Å². The quantitative estimate of drug-likeness (QED) is 0.790. The van der Waals surface area contributed by atoms with Crippen LogP contribution >= 0.6 is 0 Å². The van der Waals surface area contributed by atoms with Crippen molar-refractivity contribution >= 4 is 10.9 Å². The second-order valence-electron chi connectivity index (χ2n) is 4.57. The van der Waals surface area contributed by atoms with Gasteiger partial charge in [-0.2, -0.15) is 0 Å². The molecule has 0 unspecified atom stereocenters. The zero-order valence-corrected chi connectivity index (χ0v) is 11.2. The minimum absolute atomic E-state index is 0.381. The van der Waals surface area contributed by atoms with Crippen molar-refractivity contribution in [2.45, 2.75) is 13.5 Å². The number of aromatic nitrogens is 2. The molecule has 0 aliphatic heterocycles. The van der Waals surface area contributed by atoms with E-state index >= 15 is 0 Å². The molecule has 0 saturated heterocycles. The van der Waals surface area contributed by atoms with E-state index in [-0.39, 0.29) is 0 Å². The summed E-state index contributed by atoms with van der Waals surface area (Å²) in [7, 11) is 0. The molecule has 2 aromatic heterocycles. The number of hydrogen-bond donors (Lipinski definition) is 1. The lowest BCUT2D eigenvalue weighted by atomic mass is 10.1. The lowest BCUT2D eigenvalue weighted by Crippen LogP contribution is -2.01. The summed E-state index contributed by atoms with van der Waals surface area (Å²) >= 11 is 0. The van der Waals surface area contributed by atoms with E-state index in [1.165, 1.54) is 0 Å². The molecule has 100 valence electrons. The van der Waals surface area contributed by atoms with Crippen LogP contribution in [0.25, 0.3) is 10.9 Å². The van der Waals surface area contributed by atoms with Crippen LogP contribution in [0.4, 0.5) is 0 Å². The van der Waals surface area contributed by atoms with Gasteiger partial charge in [0.15, 0.2) is 0 Å². The molecule has 0 saturated carbocycles. The molecule has 0 aliphatic rings. The predicted octanol–water partition coefficient (Wildman–Crippen LogP) is 3.19. The summed E-state index contributed by atoms with van der Waals surface area (Å²) in [4.78, 5) is 8.63. The molecule has 2 N–H and O–H groups in total. The largest absolute Gasteiger partial charge is 0.455 e. The Balaban J connectivity index is 2.11. The molecule has 4 nitrogen and oxygen atoms in total. The van der Waals surface area contributed by atoms with Gasteiger partial charge in [0, 0.05) is 29.4 Å². The maximum absolute atomic E-state index is 5.99. The van der Waals surface area contributed by atoms with Crippen LogP contribution < -0.4 is 10.5 Å². The van der Waals surface area contributed by atoms with Crippen molar-refractivity contribution in [3.8, 4) is 11.5 Å². The highest BCUT2D eigenvalue weighted by Crippen LogP contribution is 2.32. The van der Waals surface area contributed by atoms with Crippen molar-refractivity contribution < 1.29 is 4.74 Å². The molecule has 20 heavy (non-hydrogen) atoms. The Bertz CT molecular complexity index is 738. The summed E-state index contributed by atoms with van der Waals surface area (Å²) in [5.41, 5.74) is 8.51. The second kappa shape index (κ2) is 5.27. The van der Waals surface area contributed by atoms with Crippen LogP contribution in [0.3, 0.4) is 0 Å². The minimum atomic E-state index is 0.381. The van der Waals surface area contributed by atoms with Crippen molar-refractivity contribution in [1.29, 1.82) is 0 Å². The van der Waals surface area contributed by atoms with Crippen LogP contribution in [0.5, 0.6) is 11.5 Å². The number of fused-ring (bicyclic) bond motifs is 1. The molecule has 0 aliphatic carbocycles. The molecular weight excluding hydrogens is 250 g/mol. The number of ether oxygens (including phenoxy) is 1. The van der Waals surface area contributed by atoms with E-state index in [1.807, 2.05) is 43.3 Å². The van der Waals surface area contributed by atoms with Crippen LogP contribution in [0.15, 0.2) is 48.8 Å². The van der Waals surface area contributed by atoms with Crippen LogP contribution in [-0.2, 0) is 6.54 Å². The van der Waals surface area contributed by atoms with Crippen LogP contribution in [0.1, 0.15) is 11.3 Å². The average molecular weight is 265 g/mol. The monoisotopic (exact) mass is 265 g/mol. The van der Waals surface area contributed by atoms with Crippen LogP contribution in [0.2, 0.25) is 0 Å². The lowest BCUT2D eigenvalue weighted by Gasteiger charge is -2.12. The molecule has 0 bridgehead atoms. The number of nitrogens with two attached hydrogens (primary N) is 1. The van der Waals surface area contributed by atoms with E-state index in [9.17, 15) is 0 Å². The molecule has 0 radical (unpaired) electrons. The molecule has 2 heterocycles. The number of rotatable bonds is 3. The normalized spacial score (nSPS) is 10.7. The molecule has 3 rings (SSSR count). The maximum atomic E-state index is 5.99. The first-order valence-electron chi connectivity index (χ1n) is 6.45. The van der Waals surface area contributed by atoms with Gasteiger partial charge in [-0.25, -0.2) is 0 Å². The van der Waals surface area contributed by atoms with Gasteiger partial charge in [0.2, 0.25) is 0 Å². The number of benzene rings is 1. The molecule has 0 fully saturated rings. The third-order valence-electron chi connectivity index (χ3n) is 3.12. The van der Waals surface area contributed by atoms with E-state index in [1.54, 1.807) is 12.4 Å². The van der Waals surface area contributed by atoms with Gasteiger partial charge in [-0.15, -0.1) is 0 Å². The number of nitrogens with zero attached hydrogens (tertiary/aromatic N) is 2. The highest BCUT2D eigenvalue weighted by molar-refractivity contribution is 5.86. The molecular formula is C16H15N3O. The summed E-state index contributed by atoms with van der Waals surface area (Å²) in [5, 5.41) is 0.955. The van der Waals surface area contributed by atoms with Gasteiger partial charge >= 0.3 is 0 Å². The zero-order valence-electron chi connectivity index (χ0n) is 11.2. The van der Waals surface area contributed by atoms with Gasteiger partial charge in [0.25, 0.3) is 0 Å². The lowest BCUT2D eigenvalue weighted by molar-refractivity contribution is 0.479. The van der Waals surface area contributed by atoms with Crippen molar-refractivity contribution in [2.75, 3.05) is 0 Å². The Labute approximate surface area is 117 Å². The van der Waals surface area contributed by atoms with E-state index in [4.69, 9.17) is 10.5 Å². The van der Waals surface area contributed by atoms with Gasteiger partial charge in [-0.1, -0.05) is 12.1 Å². The third kappa shape index (κ3) is 2.33. The maximum Gasteiger partial charge on any atom is 0.145 e. The molecule has 0 amide bonds. The molecule has 0 spiro atoms. The van der Waals surface area contributed by atoms with Gasteiger partial charge in [-0.3, -0.25) is 9.97 Å². The van der Waals surface area contributed by atoms with Crippen molar-refractivity contribution in [1.82, 2.24) is 9.97 Å². The zero-order chi connectivity index (χ0) is 13.9. The first-order valence-corrected chi connectivity index (χ1v) is 6.45. The van der Waals surface area contributed by atoms with Gasteiger partial charge < -0.3 is 10.5 Å². The first-order chi connectivity index (χ1) is 9.78. The number of para-hydroxylation sites is 1. The van der Waals surface area contributed by atoms with E-state index in [0.717, 1.165) is 27.9 Å². The summed E-state index contributed by atoms with van der Waals surface area (Å²) in [5.74, 6) is 1.45. The van der Waals surface area contributed by atoms with E-state index in [0.29, 0.717) is 12.3 Å². The van der Waals surface area contributed by atoms with Gasteiger partial charge in [0.1, 0.15) is 11.5 Å². The second-order valence-corrected chi connectivity index (χ2v) is 4.57.